The molecule has 0 spiro atoms. The molecule has 2 rings (SSSR count). The van der Waals surface area contributed by atoms with Crippen LogP contribution in [-0.4, -0.2) is 18.0 Å². The molecule has 0 aromatic heterocycles. The number of benzene rings is 1. The molecule has 1 amide bonds. The molecule has 0 unspecified atom stereocenters. The summed E-state index contributed by atoms with van der Waals surface area (Å²) in [4.78, 5) is 12.3. The zero-order valence-corrected chi connectivity index (χ0v) is 14.4. The van der Waals surface area contributed by atoms with Crippen LogP contribution >= 0.6 is 0 Å². The summed E-state index contributed by atoms with van der Waals surface area (Å²) in [6.07, 6.45) is 4.68. The maximum atomic E-state index is 12.3. The predicted molar refractivity (Wildman–Crippen MR) is 93.2 cm³/mol. The van der Waals surface area contributed by atoms with Crippen molar-refractivity contribution in [2.45, 2.75) is 63.8 Å². The molecule has 1 fully saturated rings. The van der Waals surface area contributed by atoms with E-state index in [0.29, 0.717) is 0 Å². The monoisotopic (exact) mass is 313 g/mol. The molecule has 0 bridgehead atoms. The van der Waals surface area contributed by atoms with Gasteiger partial charge in [0.1, 0.15) is 5.54 Å². The van der Waals surface area contributed by atoms with Crippen molar-refractivity contribution >= 4 is 11.6 Å². The van der Waals surface area contributed by atoms with Crippen LogP contribution in [0, 0.1) is 11.3 Å². The lowest BCUT2D eigenvalue weighted by Crippen LogP contribution is -2.50. The summed E-state index contributed by atoms with van der Waals surface area (Å²) in [6, 6.07) is 10.4. The van der Waals surface area contributed by atoms with E-state index >= 15 is 0 Å². The van der Waals surface area contributed by atoms with Crippen LogP contribution in [0.2, 0.25) is 0 Å². The number of hydrogen-bond acceptors (Lipinski definition) is 3. The van der Waals surface area contributed by atoms with Crippen LogP contribution in [0.3, 0.4) is 0 Å². The summed E-state index contributed by atoms with van der Waals surface area (Å²) >= 11 is 0. The predicted octanol–water partition coefficient (Wildman–Crippen LogP) is 3.74. The Kier molecular flexibility index (Phi) is 5.30. The summed E-state index contributed by atoms with van der Waals surface area (Å²) in [6.45, 7) is 6.65. The molecule has 0 atom stereocenters. The number of hydrogen-bond donors (Lipinski definition) is 2. The lowest BCUT2D eigenvalue weighted by Gasteiger charge is -2.31. The van der Waals surface area contributed by atoms with Gasteiger partial charge in [-0.05, 0) is 29.9 Å². The van der Waals surface area contributed by atoms with Gasteiger partial charge in [-0.2, -0.15) is 5.26 Å². The smallest absolute Gasteiger partial charge is 0.240 e. The van der Waals surface area contributed by atoms with Gasteiger partial charge >= 0.3 is 0 Å². The third kappa shape index (κ3) is 4.48. The summed E-state index contributed by atoms with van der Waals surface area (Å²) in [5, 5.41) is 15.6. The molecule has 0 heterocycles. The normalized spacial score (nSPS) is 17.1. The highest BCUT2D eigenvalue weighted by molar-refractivity contribution is 5.82. The quantitative estimate of drug-likeness (QED) is 0.890. The van der Waals surface area contributed by atoms with Crippen LogP contribution in [0.25, 0.3) is 0 Å². The third-order valence-electron chi connectivity index (χ3n) is 4.47. The van der Waals surface area contributed by atoms with E-state index in [1.807, 2.05) is 18.2 Å². The molecule has 4 heteroatoms. The average molecular weight is 313 g/mol. The van der Waals surface area contributed by atoms with Crippen molar-refractivity contribution in [1.82, 2.24) is 5.32 Å². The number of nitrogens with zero attached hydrogens (tertiary/aromatic N) is 1. The summed E-state index contributed by atoms with van der Waals surface area (Å²) < 4.78 is 0. The number of carbonyl (C=O) groups is 1. The Balaban J connectivity index is 1.99. The van der Waals surface area contributed by atoms with Crippen LogP contribution in [0.15, 0.2) is 24.3 Å². The Morgan fingerprint density at radius 3 is 2.48 bits per heavy atom. The van der Waals surface area contributed by atoms with E-state index in [0.717, 1.165) is 37.8 Å². The van der Waals surface area contributed by atoms with E-state index in [2.05, 4.69) is 43.5 Å². The topological polar surface area (TPSA) is 64.9 Å². The van der Waals surface area contributed by atoms with Gasteiger partial charge in [-0.15, -0.1) is 0 Å². The molecule has 1 aromatic rings. The molecule has 1 saturated carbocycles. The maximum Gasteiger partial charge on any atom is 0.240 e. The van der Waals surface area contributed by atoms with Crippen molar-refractivity contribution in [3.63, 3.8) is 0 Å². The third-order valence-corrected chi connectivity index (χ3v) is 4.47. The van der Waals surface area contributed by atoms with E-state index in [1.165, 1.54) is 5.56 Å². The van der Waals surface area contributed by atoms with Crippen molar-refractivity contribution in [2.75, 3.05) is 11.9 Å². The van der Waals surface area contributed by atoms with Crippen molar-refractivity contribution < 1.29 is 4.79 Å². The maximum absolute atomic E-state index is 12.3. The zero-order chi connectivity index (χ0) is 16.9. The molecule has 1 aliphatic rings. The minimum absolute atomic E-state index is 0.0112. The zero-order valence-electron chi connectivity index (χ0n) is 14.4. The Morgan fingerprint density at radius 1 is 1.22 bits per heavy atom. The van der Waals surface area contributed by atoms with Gasteiger partial charge in [0.2, 0.25) is 5.91 Å². The molecule has 124 valence electrons. The largest absolute Gasteiger partial charge is 0.376 e. The SMILES string of the molecule is CC(C)(C)c1ccccc1NCC(=O)NC1(C#N)CCCCC1. The van der Waals surface area contributed by atoms with E-state index in [9.17, 15) is 10.1 Å². The van der Waals surface area contributed by atoms with Crippen LogP contribution in [0.4, 0.5) is 5.69 Å². The summed E-state index contributed by atoms with van der Waals surface area (Å²) in [5.41, 5.74) is 1.50. The number of carbonyl (C=O) groups excluding carboxylic acids is 1. The highest BCUT2D eigenvalue weighted by Crippen LogP contribution is 2.29. The van der Waals surface area contributed by atoms with Crippen molar-refractivity contribution in [2.24, 2.45) is 0 Å². The van der Waals surface area contributed by atoms with Crippen LogP contribution in [0.1, 0.15) is 58.4 Å². The minimum Gasteiger partial charge on any atom is -0.376 e. The molecular formula is C19H27N3O. The first-order valence-corrected chi connectivity index (χ1v) is 8.42. The molecular weight excluding hydrogens is 286 g/mol. The van der Waals surface area contributed by atoms with Gasteiger partial charge in [-0.25, -0.2) is 0 Å². The van der Waals surface area contributed by atoms with Crippen molar-refractivity contribution in [3.05, 3.63) is 29.8 Å². The molecule has 0 saturated heterocycles. The molecule has 2 N–H and O–H groups in total. The average Bonchev–Trinajstić information content (AvgIpc) is 2.53. The standard InChI is InChI=1S/C19H27N3O/c1-18(2,3)15-9-5-6-10-16(15)21-13-17(23)22-19(14-20)11-7-4-8-12-19/h5-6,9-10,21H,4,7-8,11-13H2,1-3H3,(H,22,23). The second-order valence-electron chi connectivity index (χ2n) is 7.45. The second-order valence-corrected chi connectivity index (χ2v) is 7.45. The highest BCUT2D eigenvalue weighted by atomic mass is 16.2. The van der Waals surface area contributed by atoms with Crippen molar-refractivity contribution in [3.8, 4) is 6.07 Å². The minimum atomic E-state index is -0.666. The number of rotatable bonds is 4. The summed E-state index contributed by atoms with van der Waals surface area (Å²) in [7, 11) is 0. The fraction of sp³-hybridized carbons (Fsp3) is 0.579. The second kappa shape index (κ2) is 7.04. The number of nitrogens with one attached hydrogen (secondary N) is 2. The first-order valence-electron chi connectivity index (χ1n) is 8.42. The van der Waals surface area contributed by atoms with Gasteiger partial charge in [-0.3, -0.25) is 4.79 Å². The first kappa shape index (κ1) is 17.3. The number of nitriles is 1. The Bertz CT molecular complexity index is 589. The molecule has 1 aliphatic carbocycles. The van der Waals surface area contributed by atoms with Gasteiger partial charge in [0.05, 0.1) is 12.6 Å². The lowest BCUT2D eigenvalue weighted by molar-refractivity contribution is -0.121. The summed E-state index contributed by atoms with van der Waals surface area (Å²) in [5.74, 6) is -0.114. The van der Waals surface area contributed by atoms with Crippen LogP contribution in [-0.2, 0) is 10.2 Å². The van der Waals surface area contributed by atoms with Crippen molar-refractivity contribution in [1.29, 1.82) is 5.26 Å². The van der Waals surface area contributed by atoms with E-state index in [4.69, 9.17) is 0 Å². The fourth-order valence-electron chi connectivity index (χ4n) is 3.20. The highest BCUT2D eigenvalue weighted by Gasteiger charge is 2.33. The number of anilines is 1. The molecule has 1 aromatic carbocycles. The van der Waals surface area contributed by atoms with E-state index in [1.54, 1.807) is 0 Å². The van der Waals surface area contributed by atoms with Gasteiger partial charge in [0.15, 0.2) is 0 Å². The van der Waals surface area contributed by atoms with Gasteiger partial charge in [-0.1, -0.05) is 58.2 Å². The van der Waals surface area contributed by atoms with Crippen LogP contribution in [0.5, 0.6) is 0 Å². The molecule has 0 aliphatic heterocycles. The Hall–Kier alpha value is -2.02. The molecule has 0 radical (unpaired) electrons. The van der Waals surface area contributed by atoms with Gasteiger partial charge < -0.3 is 10.6 Å². The lowest BCUT2D eigenvalue weighted by atomic mass is 9.83. The number of para-hydroxylation sites is 1. The molecule has 23 heavy (non-hydrogen) atoms. The van der Waals surface area contributed by atoms with Gasteiger partial charge in [0.25, 0.3) is 0 Å². The van der Waals surface area contributed by atoms with E-state index < -0.39 is 5.54 Å². The van der Waals surface area contributed by atoms with Crippen LogP contribution < -0.4 is 10.6 Å². The number of amides is 1. The first-order chi connectivity index (χ1) is 10.9. The molecule has 4 nitrogen and oxygen atoms in total. The van der Waals surface area contributed by atoms with E-state index in [-0.39, 0.29) is 17.9 Å². The Labute approximate surface area is 139 Å². The fourth-order valence-corrected chi connectivity index (χ4v) is 3.20. The Morgan fingerprint density at radius 2 is 1.87 bits per heavy atom. The van der Waals surface area contributed by atoms with Gasteiger partial charge in [0, 0.05) is 5.69 Å².